The molecule has 0 saturated carbocycles. The number of nitrogens with zero attached hydrogens (tertiary/aromatic N) is 1. The zero-order valence-electron chi connectivity index (χ0n) is 13.2. The zero-order valence-corrected chi connectivity index (χ0v) is 13.2. The van der Waals surface area contributed by atoms with Crippen molar-refractivity contribution in [3.8, 4) is 6.07 Å². The van der Waals surface area contributed by atoms with Crippen LogP contribution in [0.5, 0.6) is 0 Å². The molecule has 2 rings (SSSR count). The van der Waals surface area contributed by atoms with Crippen molar-refractivity contribution in [1.29, 1.82) is 5.26 Å². The largest absolute Gasteiger partial charge is 0.481 e. The third kappa shape index (κ3) is 5.41. The van der Waals surface area contributed by atoms with Gasteiger partial charge < -0.3 is 21.5 Å². The summed E-state index contributed by atoms with van der Waals surface area (Å²) in [5.41, 5.74) is 7.85. The number of carboxylic acids is 1. The Labute approximate surface area is 144 Å². The average molecular weight is 336 g/mol. The van der Waals surface area contributed by atoms with Gasteiger partial charge in [-0.3, -0.25) is 9.59 Å². The van der Waals surface area contributed by atoms with Gasteiger partial charge in [-0.05, 0) is 42.0 Å². The summed E-state index contributed by atoms with van der Waals surface area (Å²) >= 11 is 0. The molecule has 0 radical (unpaired) electrons. The molecule has 0 aliphatic heterocycles. The normalized spacial score (nSPS) is 10.6. The molecule has 25 heavy (non-hydrogen) atoms. The molecule has 0 fully saturated rings. The molecule has 1 amide bonds. The Hall–Kier alpha value is -3.79. The summed E-state index contributed by atoms with van der Waals surface area (Å²) in [6, 6.07) is 15.0. The fourth-order valence-corrected chi connectivity index (χ4v) is 1.96. The van der Waals surface area contributed by atoms with E-state index in [1.54, 1.807) is 48.5 Å². The number of nitrogen functional groups attached to an aromatic ring is 1. The molecular formula is C18H16N4O3. The van der Waals surface area contributed by atoms with Crippen LogP contribution in [0.25, 0.3) is 0 Å². The van der Waals surface area contributed by atoms with Crippen LogP contribution in [0.3, 0.4) is 0 Å². The Morgan fingerprint density at radius 3 is 2.24 bits per heavy atom. The van der Waals surface area contributed by atoms with Gasteiger partial charge in [0, 0.05) is 23.3 Å². The summed E-state index contributed by atoms with van der Waals surface area (Å²) in [6.45, 7) is 0. The van der Waals surface area contributed by atoms with Gasteiger partial charge >= 0.3 is 5.97 Å². The lowest BCUT2D eigenvalue weighted by Crippen LogP contribution is -2.14. The van der Waals surface area contributed by atoms with Crippen LogP contribution in [-0.4, -0.2) is 17.0 Å². The number of benzene rings is 2. The third-order valence-electron chi connectivity index (χ3n) is 3.23. The number of rotatable bonds is 6. The smallest absolute Gasteiger partial charge is 0.307 e. The van der Waals surface area contributed by atoms with Gasteiger partial charge in [0.05, 0.1) is 6.42 Å². The minimum atomic E-state index is -0.910. The fraction of sp³-hybridized carbons (Fsp3) is 0.0556. The number of carbonyl (C=O) groups is 2. The van der Waals surface area contributed by atoms with Gasteiger partial charge in [-0.2, -0.15) is 5.26 Å². The van der Waals surface area contributed by atoms with Crippen LogP contribution in [0.2, 0.25) is 0 Å². The van der Waals surface area contributed by atoms with Crippen LogP contribution in [0, 0.1) is 11.3 Å². The molecule has 0 bridgehead atoms. The molecule has 7 nitrogen and oxygen atoms in total. The van der Waals surface area contributed by atoms with E-state index in [0.29, 0.717) is 22.6 Å². The lowest BCUT2D eigenvalue weighted by atomic mass is 10.1. The maximum Gasteiger partial charge on any atom is 0.307 e. The summed E-state index contributed by atoms with van der Waals surface area (Å²) in [6.07, 6.45) is 1.22. The van der Waals surface area contributed by atoms with Crippen molar-refractivity contribution in [2.24, 2.45) is 0 Å². The van der Waals surface area contributed by atoms with Gasteiger partial charge in [-0.25, -0.2) is 0 Å². The van der Waals surface area contributed by atoms with Crippen LogP contribution in [0.1, 0.15) is 5.56 Å². The number of aliphatic carboxylic acids is 1. The summed E-state index contributed by atoms with van der Waals surface area (Å²) in [4.78, 5) is 22.7. The Kier molecular flexibility index (Phi) is 5.74. The molecule has 0 aliphatic carbocycles. The first-order valence-electron chi connectivity index (χ1n) is 7.32. The van der Waals surface area contributed by atoms with Crippen LogP contribution in [0.15, 0.2) is 60.3 Å². The van der Waals surface area contributed by atoms with Crippen molar-refractivity contribution in [2.45, 2.75) is 6.42 Å². The summed E-state index contributed by atoms with van der Waals surface area (Å²) in [5, 5.41) is 23.3. The predicted molar refractivity (Wildman–Crippen MR) is 94.6 cm³/mol. The molecule has 2 aromatic carbocycles. The minimum Gasteiger partial charge on any atom is -0.481 e. The van der Waals surface area contributed by atoms with Crippen molar-refractivity contribution < 1.29 is 14.7 Å². The Morgan fingerprint density at radius 1 is 1.08 bits per heavy atom. The third-order valence-corrected chi connectivity index (χ3v) is 3.23. The van der Waals surface area contributed by atoms with E-state index in [1.165, 1.54) is 6.20 Å². The highest BCUT2D eigenvalue weighted by Gasteiger charge is 2.09. The number of anilines is 3. The van der Waals surface area contributed by atoms with Gasteiger partial charge in [0.25, 0.3) is 5.91 Å². The topological polar surface area (TPSA) is 128 Å². The number of nitrogens with two attached hydrogens (primary N) is 1. The van der Waals surface area contributed by atoms with Crippen LogP contribution >= 0.6 is 0 Å². The summed E-state index contributed by atoms with van der Waals surface area (Å²) in [7, 11) is 0. The number of carbonyl (C=O) groups excluding carboxylic acids is 1. The van der Waals surface area contributed by atoms with Gasteiger partial charge in [0.15, 0.2) is 0 Å². The lowest BCUT2D eigenvalue weighted by molar-refractivity contribution is -0.136. The standard InChI is InChI=1S/C18H16N4O3/c19-10-13(18(25)22-16-7-3-14(20)4-8-16)11-21-15-5-1-12(2-6-15)9-17(23)24/h1-8,11,21H,9,20H2,(H,22,25)(H,23,24)/b13-11-. The van der Waals surface area contributed by atoms with Gasteiger partial charge in [0.1, 0.15) is 11.6 Å². The first kappa shape index (κ1) is 17.6. The van der Waals surface area contributed by atoms with Crippen molar-refractivity contribution in [3.05, 3.63) is 65.9 Å². The molecule has 0 unspecified atom stereocenters. The minimum absolute atomic E-state index is 0.0659. The first-order chi connectivity index (χ1) is 12.0. The summed E-state index contributed by atoms with van der Waals surface area (Å²) < 4.78 is 0. The van der Waals surface area contributed by atoms with Crippen molar-refractivity contribution >= 4 is 28.9 Å². The highest BCUT2D eigenvalue weighted by Crippen LogP contribution is 2.13. The SMILES string of the molecule is N#C/C(=C/Nc1ccc(CC(=O)O)cc1)C(=O)Nc1ccc(N)cc1. The molecule has 0 heterocycles. The molecule has 126 valence electrons. The molecule has 7 heteroatoms. The second-order valence-corrected chi connectivity index (χ2v) is 5.16. The van der Waals surface area contributed by atoms with E-state index < -0.39 is 11.9 Å². The van der Waals surface area contributed by atoms with Gasteiger partial charge in [-0.15, -0.1) is 0 Å². The van der Waals surface area contributed by atoms with E-state index in [0.717, 1.165) is 0 Å². The summed E-state index contributed by atoms with van der Waals surface area (Å²) in [5.74, 6) is -1.46. The van der Waals surface area contributed by atoms with Crippen molar-refractivity contribution in [2.75, 3.05) is 16.4 Å². The molecule has 5 N–H and O–H groups in total. The number of amides is 1. The van der Waals surface area contributed by atoms with E-state index in [4.69, 9.17) is 16.1 Å². The number of hydrogen-bond donors (Lipinski definition) is 4. The first-order valence-corrected chi connectivity index (χ1v) is 7.32. The highest BCUT2D eigenvalue weighted by atomic mass is 16.4. The molecule has 0 aliphatic rings. The van der Waals surface area contributed by atoms with E-state index in [-0.39, 0.29) is 12.0 Å². The second-order valence-electron chi connectivity index (χ2n) is 5.16. The quantitative estimate of drug-likeness (QED) is 0.364. The molecule has 0 aromatic heterocycles. The van der Waals surface area contributed by atoms with Gasteiger partial charge in [0.2, 0.25) is 0 Å². The van der Waals surface area contributed by atoms with E-state index in [2.05, 4.69) is 10.6 Å². The fourth-order valence-electron chi connectivity index (χ4n) is 1.96. The van der Waals surface area contributed by atoms with Crippen molar-refractivity contribution in [3.63, 3.8) is 0 Å². The Balaban J connectivity index is 2.01. The number of hydrogen-bond acceptors (Lipinski definition) is 5. The zero-order chi connectivity index (χ0) is 18.2. The van der Waals surface area contributed by atoms with E-state index in [1.807, 2.05) is 6.07 Å². The molecule has 0 saturated heterocycles. The van der Waals surface area contributed by atoms with Gasteiger partial charge in [-0.1, -0.05) is 12.1 Å². The van der Waals surface area contributed by atoms with Crippen LogP contribution in [-0.2, 0) is 16.0 Å². The maximum atomic E-state index is 12.1. The maximum absolute atomic E-state index is 12.1. The molecule has 0 spiro atoms. The number of nitrogens with one attached hydrogen (secondary N) is 2. The molecular weight excluding hydrogens is 320 g/mol. The lowest BCUT2D eigenvalue weighted by Gasteiger charge is -2.06. The molecule has 0 atom stereocenters. The monoisotopic (exact) mass is 336 g/mol. The van der Waals surface area contributed by atoms with Crippen LogP contribution in [0.4, 0.5) is 17.1 Å². The molecule has 2 aromatic rings. The Morgan fingerprint density at radius 2 is 1.68 bits per heavy atom. The van der Waals surface area contributed by atoms with E-state index >= 15 is 0 Å². The number of nitriles is 1. The van der Waals surface area contributed by atoms with Crippen molar-refractivity contribution in [1.82, 2.24) is 0 Å². The predicted octanol–water partition coefficient (Wildman–Crippen LogP) is 2.35. The van der Waals surface area contributed by atoms with E-state index in [9.17, 15) is 9.59 Å². The highest BCUT2D eigenvalue weighted by molar-refractivity contribution is 6.06. The Bertz CT molecular complexity index is 834. The second kappa shape index (κ2) is 8.17. The average Bonchev–Trinajstić information content (AvgIpc) is 2.58. The van der Waals surface area contributed by atoms with Crippen LogP contribution < -0.4 is 16.4 Å². The number of carboxylic acid groups (broad SMARTS) is 1.